The number of rotatable bonds is 5. The summed E-state index contributed by atoms with van der Waals surface area (Å²) in [6, 6.07) is 16.2. The van der Waals surface area contributed by atoms with Crippen LogP contribution in [0.4, 0.5) is 5.13 Å². The smallest absolute Gasteiger partial charge is 0.229 e. The third-order valence-electron chi connectivity index (χ3n) is 4.49. The van der Waals surface area contributed by atoms with E-state index in [1.54, 1.807) is 11.7 Å². The van der Waals surface area contributed by atoms with Crippen LogP contribution in [0.5, 0.6) is 0 Å². The first-order valence-corrected chi connectivity index (χ1v) is 9.15. The molecule has 1 amide bonds. The summed E-state index contributed by atoms with van der Waals surface area (Å²) in [6.45, 7) is 1.94. The van der Waals surface area contributed by atoms with E-state index in [0.717, 1.165) is 22.0 Å². The van der Waals surface area contributed by atoms with Crippen LogP contribution < -0.4 is 5.32 Å². The van der Waals surface area contributed by atoms with Crippen molar-refractivity contribution in [1.29, 1.82) is 0 Å². The van der Waals surface area contributed by atoms with Gasteiger partial charge in [-0.2, -0.15) is 5.10 Å². The normalized spacial score (nSPS) is 13.4. The Morgan fingerprint density at radius 2 is 2.00 bits per heavy atom. The number of carbonyl (C=O) groups excluding carboxylic acids is 1. The van der Waals surface area contributed by atoms with Gasteiger partial charge in [0.2, 0.25) is 11.0 Å². The molecule has 4 aromatic rings. The van der Waals surface area contributed by atoms with Gasteiger partial charge in [0.25, 0.3) is 0 Å². The maximum atomic E-state index is 12.8. The van der Waals surface area contributed by atoms with Crippen molar-refractivity contribution in [2.75, 3.05) is 5.32 Å². The summed E-state index contributed by atoms with van der Waals surface area (Å²) in [7, 11) is 0. The molecule has 2 atom stereocenters. The van der Waals surface area contributed by atoms with Crippen LogP contribution in [0.1, 0.15) is 24.0 Å². The van der Waals surface area contributed by atoms with E-state index in [4.69, 9.17) is 0 Å². The minimum absolute atomic E-state index is 0.0802. The number of H-pyrrole nitrogens is 1. The Bertz CT molecular complexity index is 1010. The van der Waals surface area contributed by atoms with E-state index in [0.29, 0.717) is 5.13 Å². The number of aromatic amines is 1. The number of carbonyl (C=O) groups is 1. The lowest BCUT2D eigenvalue weighted by atomic mass is 9.81. The van der Waals surface area contributed by atoms with Gasteiger partial charge in [-0.25, -0.2) is 0 Å². The van der Waals surface area contributed by atoms with Crippen LogP contribution in [-0.2, 0) is 4.79 Å². The lowest BCUT2D eigenvalue weighted by Gasteiger charge is -2.24. The zero-order valence-electron chi connectivity index (χ0n) is 14.1. The Labute approximate surface area is 154 Å². The van der Waals surface area contributed by atoms with Gasteiger partial charge in [0.15, 0.2) is 0 Å². The summed E-state index contributed by atoms with van der Waals surface area (Å²) in [5, 5.41) is 19.1. The molecule has 0 fully saturated rings. The first kappa shape index (κ1) is 16.4. The van der Waals surface area contributed by atoms with E-state index in [1.807, 2.05) is 37.3 Å². The van der Waals surface area contributed by atoms with Crippen molar-refractivity contribution < 1.29 is 4.79 Å². The van der Waals surface area contributed by atoms with Crippen LogP contribution in [0, 0.1) is 5.92 Å². The molecule has 2 unspecified atom stereocenters. The van der Waals surface area contributed by atoms with Crippen LogP contribution in [-0.4, -0.2) is 26.3 Å². The number of amides is 1. The van der Waals surface area contributed by atoms with Crippen molar-refractivity contribution in [3.63, 3.8) is 0 Å². The number of hydrogen-bond donors (Lipinski definition) is 2. The zero-order valence-corrected chi connectivity index (χ0v) is 14.9. The number of anilines is 1. The summed E-state index contributed by atoms with van der Waals surface area (Å²) in [4.78, 5) is 12.8. The minimum Gasteiger partial charge on any atom is -0.300 e. The fourth-order valence-corrected chi connectivity index (χ4v) is 3.63. The van der Waals surface area contributed by atoms with Crippen molar-refractivity contribution >= 4 is 33.3 Å². The molecule has 0 radical (unpaired) electrons. The number of benzene rings is 2. The first-order chi connectivity index (χ1) is 12.7. The molecule has 2 aromatic heterocycles. The molecule has 2 N–H and O–H groups in total. The molecule has 0 aliphatic heterocycles. The van der Waals surface area contributed by atoms with Crippen LogP contribution in [0.3, 0.4) is 0 Å². The molecule has 130 valence electrons. The molecule has 0 aliphatic rings. The van der Waals surface area contributed by atoms with Crippen LogP contribution in [0.15, 0.2) is 60.2 Å². The van der Waals surface area contributed by atoms with Gasteiger partial charge in [-0.15, -0.1) is 10.2 Å². The van der Waals surface area contributed by atoms with Crippen molar-refractivity contribution in [2.24, 2.45) is 5.92 Å². The molecule has 0 aliphatic carbocycles. The number of aromatic nitrogens is 4. The molecule has 0 saturated heterocycles. The van der Waals surface area contributed by atoms with Crippen molar-refractivity contribution in [1.82, 2.24) is 20.4 Å². The van der Waals surface area contributed by atoms with Gasteiger partial charge >= 0.3 is 0 Å². The van der Waals surface area contributed by atoms with Crippen molar-refractivity contribution in [3.8, 4) is 0 Å². The summed E-state index contributed by atoms with van der Waals surface area (Å²) in [5.74, 6) is -0.447. The maximum Gasteiger partial charge on any atom is 0.229 e. The second kappa shape index (κ2) is 7.05. The highest BCUT2D eigenvalue weighted by molar-refractivity contribution is 7.13. The van der Waals surface area contributed by atoms with Gasteiger partial charge in [-0.05, 0) is 23.3 Å². The van der Waals surface area contributed by atoms with Gasteiger partial charge in [0.05, 0.1) is 11.7 Å². The average molecular weight is 363 g/mol. The second-order valence-corrected chi connectivity index (χ2v) is 6.96. The second-order valence-electron chi connectivity index (χ2n) is 6.13. The molecular formula is C19H17N5OS. The van der Waals surface area contributed by atoms with E-state index in [9.17, 15) is 4.79 Å². The predicted octanol–water partition coefficient (Wildman–Crippen LogP) is 3.82. The number of hydrogen-bond acceptors (Lipinski definition) is 5. The average Bonchev–Trinajstić information content (AvgIpc) is 3.34. The molecule has 26 heavy (non-hydrogen) atoms. The molecule has 2 heterocycles. The third kappa shape index (κ3) is 3.21. The fourth-order valence-electron chi connectivity index (χ4n) is 3.18. The third-order valence-corrected chi connectivity index (χ3v) is 5.09. The quantitative estimate of drug-likeness (QED) is 0.564. The maximum absolute atomic E-state index is 12.8. The largest absolute Gasteiger partial charge is 0.300 e. The molecule has 2 aromatic carbocycles. The zero-order chi connectivity index (χ0) is 17.9. The SMILES string of the molecule is CC(C(=O)Nc1nncs1)C(c1ccccc1)c1ccc2[nH]ncc2c1. The van der Waals surface area contributed by atoms with Crippen molar-refractivity contribution in [3.05, 3.63) is 71.4 Å². The molecule has 7 heteroatoms. The Morgan fingerprint density at radius 1 is 1.15 bits per heavy atom. The van der Waals surface area contributed by atoms with Gasteiger partial charge < -0.3 is 5.32 Å². The number of nitrogens with one attached hydrogen (secondary N) is 2. The molecule has 4 rings (SSSR count). The van der Waals surface area contributed by atoms with E-state index < -0.39 is 0 Å². The topological polar surface area (TPSA) is 83.6 Å². The molecule has 0 bridgehead atoms. The highest BCUT2D eigenvalue weighted by atomic mass is 32.1. The van der Waals surface area contributed by atoms with Gasteiger partial charge in [0.1, 0.15) is 5.51 Å². The Kier molecular flexibility index (Phi) is 4.45. The standard InChI is InChI=1S/C19H17N5OS/c1-12(18(25)22-19-24-21-11-26-19)17(13-5-3-2-4-6-13)14-7-8-16-15(9-14)10-20-23-16/h2-12,17H,1H3,(H,20,23)(H,22,24,25). The lowest BCUT2D eigenvalue weighted by Crippen LogP contribution is -2.26. The Morgan fingerprint density at radius 3 is 2.77 bits per heavy atom. The van der Waals surface area contributed by atoms with Gasteiger partial charge in [-0.1, -0.05) is 54.7 Å². The highest BCUT2D eigenvalue weighted by Gasteiger charge is 2.28. The summed E-state index contributed by atoms with van der Waals surface area (Å²) in [6.07, 6.45) is 1.80. The summed E-state index contributed by atoms with van der Waals surface area (Å²) < 4.78 is 0. The Balaban J connectivity index is 1.71. The highest BCUT2D eigenvalue weighted by Crippen LogP contribution is 2.34. The summed E-state index contributed by atoms with van der Waals surface area (Å²) >= 11 is 1.31. The van der Waals surface area contributed by atoms with E-state index in [-0.39, 0.29) is 17.7 Å². The number of fused-ring (bicyclic) bond motifs is 1. The molecule has 0 saturated carbocycles. The molecule has 0 spiro atoms. The van der Waals surface area contributed by atoms with Crippen LogP contribution in [0.2, 0.25) is 0 Å². The van der Waals surface area contributed by atoms with Crippen LogP contribution in [0.25, 0.3) is 10.9 Å². The van der Waals surface area contributed by atoms with E-state index >= 15 is 0 Å². The Hall–Kier alpha value is -3.06. The fraction of sp³-hybridized carbons (Fsp3) is 0.158. The van der Waals surface area contributed by atoms with Gasteiger partial charge in [0, 0.05) is 17.2 Å². The van der Waals surface area contributed by atoms with E-state index in [2.05, 4.69) is 43.9 Å². The monoisotopic (exact) mass is 363 g/mol. The van der Waals surface area contributed by atoms with Gasteiger partial charge in [-0.3, -0.25) is 9.89 Å². The molecule has 6 nitrogen and oxygen atoms in total. The molecular weight excluding hydrogens is 346 g/mol. The lowest BCUT2D eigenvalue weighted by molar-refractivity contribution is -0.119. The predicted molar refractivity (Wildman–Crippen MR) is 102 cm³/mol. The number of nitrogens with zero attached hydrogens (tertiary/aromatic N) is 3. The van der Waals surface area contributed by atoms with E-state index in [1.165, 1.54) is 11.3 Å². The minimum atomic E-state index is -0.286. The first-order valence-electron chi connectivity index (χ1n) is 8.27. The van der Waals surface area contributed by atoms with Crippen LogP contribution >= 0.6 is 11.3 Å². The summed E-state index contributed by atoms with van der Waals surface area (Å²) in [5.41, 5.74) is 4.74. The van der Waals surface area contributed by atoms with Crippen molar-refractivity contribution in [2.45, 2.75) is 12.8 Å².